The van der Waals surface area contributed by atoms with Gasteiger partial charge in [-0.15, -0.1) is 0 Å². The average Bonchev–Trinajstić information content (AvgIpc) is 3.05. The van der Waals surface area contributed by atoms with E-state index in [4.69, 9.17) is 14.5 Å². The molecule has 0 amide bonds. The first-order valence-corrected chi connectivity index (χ1v) is 9.48. The first-order chi connectivity index (χ1) is 12.5. The minimum atomic E-state index is -0.800. The Balaban J connectivity index is 2.27. The van der Waals surface area contributed by atoms with Gasteiger partial charge in [-0.3, -0.25) is 14.6 Å². The summed E-state index contributed by atoms with van der Waals surface area (Å²) >= 11 is 0. The highest BCUT2D eigenvalue weighted by molar-refractivity contribution is 6.08. The van der Waals surface area contributed by atoms with Crippen LogP contribution in [0.4, 0.5) is 0 Å². The first-order valence-electron chi connectivity index (χ1n) is 9.48. The van der Waals surface area contributed by atoms with Gasteiger partial charge in [0.25, 0.3) is 0 Å². The zero-order valence-corrected chi connectivity index (χ0v) is 16.0. The summed E-state index contributed by atoms with van der Waals surface area (Å²) in [5, 5.41) is 0. The molecular formula is C21H29NO4. The number of carbonyl (C=O) groups excluding carboxylic acids is 2. The maximum absolute atomic E-state index is 12.8. The Morgan fingerprint density at radius 1 is 1.15 bits per heavy atom. The Kier molecular flexibility index (Phi) is 7.37. The molecule has 1 fully saturated rings. The minimum Gasteiger partial charge on any atom is -0.466 e. The molecule has 1 saturated carbocycles. The van der Waals surface area contributed by atoms with E-state index in [1.165, 1.54) is 0 Å². The number of hydrogen-bond acceptors (Lipinski definition) is 5. The second kappa shape index (κ2) is 9.51. The summed E-state index contributed by atoms with van der Waals surface area (Å²) in [6.07, 6.45) is 2.91. The van der Waals surface area contributed by atoms with Crippen LogP contribution in [0, 0.1) is 5.41 Å². The van der Waals surface area contributed by atoms with Crippen LogP contribution in [-0.2, 0) is 19.1 Å². The van der Waals surface area contributed by atoms with Gasteiger partial charge in [0.15, 0.2) is 0 Å². The van der Waals surface area contributed by atoms with Crippen LogP contribution in [0.2, 0.25) is 0 Å². The quantitative estimate of drug-likeness (QED) is 0.650. The molecule has 0 bridgehead atoms. The van der Waals surface area contributed by atoms with Crippen LogP contribution in [0.15, 0.2) is 35.3 Å². The number of ether oxygens (including phenoxy) is 2. The molecule has 5 nitrogen and oxygen atoms in total. The summed E-state index contributed by atoms with van der Waals surface area (Å²) in [6, 6.07) is 9.98. The Bertz CT molecular complexity index is 641. The van der Waals surface area contributed by atoms with E-state index in [1.807, 2.05) is 37.3 Å². The lowest BCUT2D eigenvalue weighted by molar-refractivity contribution is -0.152. The topological polar surface area (TPSA) is 65.0 Å². The largest absolute Gasteiger partial charge is 0.466 e. The van der Waals surface area contributed by atoms with Crippen molar-refractivity contribution in [1.29, 1.82) is 0 Å². The lowest BCUT2D eigenvalue weighted by Crippen LogP contribution is -2.38. The Morgan fingerprint density at radius 3 is 2.50 bits per heavy atom. The molecule has 1 aliphatic carbocycles. The zero-order chi connectivity index (χ0) is 19.0. The van der Waals surface area contributed by atoms with Gasteiger partial charge in [-0.2, -0.15) is 0 Å². The van der Waals surface area contributed by atoms with Crippen LogP contribution < -0.4 is 0 Å². The molecule has 0 unspecified atom stereocenters. The molecular weight excluding hydrogens is 330 g/mol. The molecule has 2 rings (SSSR count). The highest BCUT2D eigenvalue weighted by Gasteiger charge is 2.48. The summed E-state index contributed by atoms with van der Waals surface area (Å²) in [4.78, 5) is 29.6. The zero-order valence-electron chi connectivity index (χ0n) is 16.0. The normalized spacial score (nSPS) is 22.2. The number of aliphatic imine (C=N–C) groups is 1. The summed E-state index contributed by atoms with van der Waals surface area (Å²) in [5.74, 6) is -0.542. The highest BCUT2D eigenvalue weighted by atomic mass is 16.5. The van der Waals surface area contributed by atoms with Gasteiger partial charge < -0.3 is 9.47 Å². The maximum Gasteiger partial charge on any atom is 0.317 e. The van der Waals surface area contributed by atoms with Gasteiger partial charge in [0, 0.05) is 12.1 Å². The molecule has 1 aliphatic rings. The van der Waals surface area contributed by atoms with Gasteiger partial charge in [-0.1, -0.05) is 30.3 Å². The molecule has 26 heavy (non-hydrogen) atoms. The van der Waals surface area contributed by atoms with Crippen molar-refractivity contribution >= 4 is 17.7 Å². The summed E-state index contributed by atoms with van der Waals surface area (Å²) < 4.78 is 10.4. The second-order valence-corrected chi connectivity index (χ2v) is 6.62. The molecule has 0 aromatic heterocycles. The predicted molar refractivity (Wildman–Crippen MR) is 101 cm³/mol. The predicted octanol–water partition coefficient (Wildman–Crippen LogP) is 4.27. The molecule has 1 aromatic rings. The molecule has 5 heteroatoms. The number of esters is 2. The van der Waals surface area contributed by atoms with Crippen molar-refractivity contribution in [3.63, 3.8) is 0 Å². The fourth-order valence-corrected chi connectivity index (χ4v) is 3.58. The van der Waals surface area contributed by atoms with Gasteiger partial charge in [-0.05, 0) is 52.0 Å². The average molecular weight is 359 g/mol. The molecule has 2 atom stereocenters. The van der Waals surface area contributed by atoms with Gasteiger partial charge in [0.05, 0.1) is 19.3 Å². The molecule has 0 saturated heterocycles. The molecule has 142 valence electrons. The Hall–Kier alpha value is -2.17. The van der Waals surface area contributed by atoms with E-state index in [-0.39, 0.29) is 24.4 Å². The van der Waals surface area contributed by atoms with Crippen LogP contribution in [0.3, 0.4) is 0 Å². The van der Waals surface area contributed by atoms with E-state index >= 15 is 0 Å². The fourth-order valence-electron chi connectivity index (χ4n) is 3.58. The number of nitrogens with zero attached hydrogens (tertiary/aromatic N) is 1. The Labute approximate surface area is 155 Å². The minimum absolute atomic E-state index is 0.0410. The van der Waals surface area contributed by atoms with Crippen molar-refractivity contribution in [2.45, 2.75) is 58.9 Å². The van der Waals surface area contributed by atoms with E-state index < -0.39 is 5.41 Å². The number of rotatable bonds is 8. The highest BCUT2D eigenvalue weighted by Crippen LogP contribution is 2.42. The van der Waals surface area contributed by atoms with E-state index in [0.717, 1.165) is 24.1 Å². The van der Waals surface area contributed by atoms with Crippen LogP contribution in [-0.4, -0.2) is 30.9 Å². The van der Waals surface area contributed by atoms with E-state index in [1.54, 1.807) is 13.8 Å². The maximum atomic E-state index is 12.8. The van der Waals surface area contributed by atoms with Crippen LogP contribution >= 0.6 is 0 Å². The van der Waals surface area contributed by atoms with Gasteiger partial charge in [0.2, 0.25) is 0 Å². The van der Waals surface area contributed by atoms with Gasteiger partial charge >= 0.3 is 11.9 Å². The fraction of sp³-hybridized carbons (Fsp3) is 0.571. The van der Waals surface area contributed by atoms with Crippen LogP contribution in [0.1, 0.15) is 64.5 Å². The Morgan fingerprint density at radius 2 is 1.85 bits per heavy atom. The lowest BCUT2D eigenvalue weighted by Gasteiger charge is -2.28. The van der Waals surface area contributed by atoms with Crippen molar-refractivity contribution in [2.75, 3.05) is 13.2 Å². The molecule has 0 N–H and O–H groups in total. The summed E-state index contributed by atoms with van der Waals surface area (Å²) in [7, 11) is 0. The van der Waals surface area contributed by atoms with Crippen molar-refractivity contribution in [1.82, 2.24) is 0 Å². The molecule has 0 radical (unpaired) electrons. The molecule has 0 heterocycles. The van der Waals surface area contributed by atoms with Gasteiger partial charge in [-0.25, -0.2) is 0 Å². The summed E-state index contributed by atoms with van der Waals surface area (Å²) in [5.41, 5.74) is 1.16. The van der Waals surface area contributed by atoms with Crippen LogP contribution in [0.5, 0.6) is 0 Å². The standard InChI is InChI=1S/C21H29NO4/c1-4-25-19(23)13-15-21(20(24)26-5-2)14-9-12-18(21)22-16(3)17-10-7-6-8-11-17/h6-8,10-11,16H,4-5,9,12-15H2,1-3H3/b22-18+/t16-,21-/m0/s1. The third-order valence-corrected chi connectivity index (χ3v) is 4.93. The van der Waals surface area contributed by atoms with Crippen molar-refractivity contribution in [3.8, 4) is 0 Å². The SMILES string of the molecule is CCOC(=O)CC[C@@]1(C(=O)OCC)CCC/C1=N\[C@@H](C)c1ccccc1. The molecule has 1 aromatic carbocycles. The number of carbonyl (C=O) groups is 2. The van der Waals surface area contributed by atoms with E-state index in [0.29, 0.717) is 26.1 Å². The smallest absolute Gasteiger partial charge is 0.317 e. The van der Waals surface area contributed by atoms with Gasteiger partial charge in [0.1, 0.15) is 5.41 Å². The summed E-state index contributed by atoms with van der Waals surface area (Å²) in [6.45, 7) is 6.28. The lowest BCUT2D eigenvalue weighted by atomic mass is 9.79. The van der Waals surface area contributed by atoms with Crippen molar-refractivity contribution < 1.29 is 19.1 Å². The second-order valence-electron chi connectivity index (χ2n) is 6.62. The third-order valence-electron chi connectivity index (χ3n) is 4.93. The number of hydrogen-bond donors (Lipinski definition) is 0. The third kappa shape index (κ3) is 4.71. The number of benzene rings is 1. The van der Waals surface area contributed by atoms with Crippen molar-refractivity contribution in [2.24, 2.45) is 10.4 Å². The van der Waals surface area contributed by atoms with E-state index in [9.17, 15) is 9.59 Å². The molecule has 0 aliphatic heterocycles. The first kappa shape index (κ1) is 20.1. The van der Waals surface area contributed by atoms with Crippen LogP contribution in [0.25, 0.3) is 0 Å². The van der Waals surface area contributed by atoms with E-state index in [2.05, 4.69) is 0 Å². The molecule has 0 spiro atoms. The van der Waals surface area contributed by atoms with Crippen molar-refractivity contribution in [3.05, 3.63) is 35.9 Å². The monoisotopic (exact) mass is 359 g/mol.